The Labute approximate surface area is 223 Å². The molecule has 170 valence electrons. The van der Waals surface area contributed by atoms with Crippen LogP contribution < -0.4 is 44.1 Å². The van der Waals surface area contributed by atoms with Crippen molar-refractivity contribution in [2.75, 3.05) is 13.2 Å². The molecule has 1 aliphatic carbocycles. The van der Waals surface area contributed by atoms with Crippen molar-refractivity contribution in [3.05, 3.63) is 53.1 Å². The van der Waals surface area contributed by atoms with Crippen molar-refractivity contribution < 1.29 is 53.7 Å². The molecule has 1 fully saturated rings. The SMILES string of the molecule is O=C([O-])C(=C(CC1CCCCC1)C(=O)c1ccc2c(c1)OCCO2)c1ccc2nsnc2c1.[Na+]. The van der Waals surface area contributed by atoms with E-state index in [1.165, 1.54) is 6.42 Å². The van der Waals surface area contributed by atoms with Gasteiger partial charge in [-0.25, -0.2) is 0 Å². The number of ketones is 1. The Morgan fingerprint density at radius 3 is 2.38 bits per heavy atom. The minimum atomic E-state index is -1.37. The number of ether oxygens (including phenoxy) is 2. The number of allylic oxidation sites excluding steroid dienone is 1. The van der Waals surface area contributed by atoms with E-state index in [2.05, 4.69) is 8.75 Å². The molecule has 2 aromatic carbocycles. The van der Waals surface area contributed by atoms with Crippen molar-refractivity contribution in [2.24, 2.45) is 5.92 Å². The average molecular weight is 487 g/mol. The summed E-state index contributed by atoms with van der Waals surface area (Å²) in [4.78, 5) is 26.2. The zero-order valence-corrected chi connectivity index (χ0v) is 21.9. The molecule has 0 N–H and O–H groups in total. The van der Waals surface area contributed by atoms with Gasteiger partial charge in [-0.3, -0.25) is 4.79 Å². The molecule has 0 saturated heterocycles. The number of carbonyl (C=O) groups is 2. The van der Waals surface area contributed by atoms with E-state index in [-0.39, 0.29) is 52.4 Å². The van der Waals surface area contributed by atoms with Crippen LogP contribution >= 0.6 is 11.7 Å². The third kappa shape index (κ3) is 5.20. The number of nitrogens with zero attached hydrogens (tertiary/aromatic N) is 2. The summed E-state index contributed by atoms with van der Waals surface area (Å²) in [7, 11) is 0. The van der Waals surface area contributed by atoms with Gasteiger partial charge in [0.25, 0.3) is 0 Å². The molecule has 9 heteroatoms. The molecule has 0 spiro atoms. The van der Waals surface area contributed by atoms with E-state index in [4.69, 9.17) is 9.47 Å². The van der Waals surface area contributed by atoms with Crippen LogP contribution in [-0.4, -0.2) is 33.7 Å². The van der Waals surface area contributed by atoms with Crippen molar-refractivity contribution in [1.82, 2.24) is 8.75 Å². The van der Waals surface area contributed by atoms with Crippen LogP contribution in [0.3, 0.4) is 0 Å². The maximum Gasteiger partial charge on any atom is 1.00 e. The van der Waals surface area contributed by atoms with Gasteiger partial charge < -0.3 is 19.4 Å². The van der Waals surface area contributed by atoms with Gasteiger partial charge in [0.15, 0.2) is 17.3 Å². The molecule has 1 saturated carbocycles. The van der Waals surface area contributed by atoms with E-state index < -0.39 is 5.97 Å². The van der Waals surface area contributed by atoms with Gasteiger partial charge in [-0.05, 0) is 48.2 Å². The number of carboxylic acid groups (broad SMARTS) is 1. The number of carboxylic acids is 1. The number of hydrogen-bond acceptors (Lipinski definition) is 8. The maximum absolute atomic E-state index is 13.8. The molecule has 1 aromatic heterocycles. The zero-order valence-electron chi connectivity index (χ0n) is 19.0. The first-order chi connectivity index (χ1) is 16.1. The van der Waals surface area contributed by atoms with Gasteiger partial charge in [0.2, 0.25) is 0 Å². The minimum Gasteiger partial charge on any atom is -0.545 e. The smallest absolute Gasteiger partial charge is 0.545 e. The van der Waals surface area contributed by atoms with Gasteiger partial charge >= 0.3 is 29.6 Å². The fourth-order valence-corrected chi connectivity index (χ4v) is 5.22. The normalized spacial score (nSPS) is 16.5. The molecule has 34 heavy (non-hydrogen) atoms. The first-order valence-corrected chi connectivity index (χ1v) is 11.9. The molecule has 3 aromatic rings. The van der Waals surface area contributed by atoms with Gasteiger partial charge in [-0.15, -0.1) is 0 Å². The Morgan fingerprint density at radius 2 is 1.62 bits per heavy atom. The second kappa shape index (κ2) is 11.0. The molecular weight excluding hydrogens is 463 g/mol. The monoisotopic (exact) mass is 486 g/mol. The van der Waals surface area contributed by atoms with E-state index in [1.54, 1.807) is 36.4 Å². The Morgan fingerprint density at radius 1 is 0.912 bits per heavy atom. The maximum atomic E-state index is 13.8. The average Bonchev–Trinajstić information content (AvgIpc) is 3.31. The Kier molecular flexibility index (Phi) is 8.03. The largest absolute Gasteiger partial charge is 1.00 e. The summed E-state index contributed by atoms with van der Waals surface area (Å²) in [6.07, 6.45) is 5.71. The number of fused-ring (bicyclic) bond motifs is 2. The summed E-state index contributed by atoms with van der Waals surface area (Å²) < 4.78 is 19.6. The van der Waals surface area contributed by atoms with Crippen LogP contribution in [0.1, 0.15) is 54.4 Å². The molecular formula is C25H23N2NaO5S. The summed E-state index contributed by atoms with van der Waals surface area (Å²) in [5.41, 5.74) is 2.26. The summed E-state index contributed by atoms with van der Waals surface area (Å²) in [6, 6.07) is 10.1. The molecule has 0 amide bonds. The number of hydrogen-bond donors (Lipinski definition) is 0. The number of rotatable bonds is 6. The molecule has 7 nitrogen and oxygen atoms in total. The van der Waals surface area contributed by atoms with Crippen molar-refractivity contribution in [3.8, 4) is 11.5 Å². The van der Waals surface area contributed by atoms with Crippen LogP contribution in [-0.2, 0) is 4.79 Å². The van der Waals surface area contributed by atoms with Gasteiger partial charge in [0.05, 0.1) is 17.7 Å². The minimum absolute atomic E-state index is 0. The standard InChI is InChI=1S/C25H24N2O5S.Na/c28-24(17-7-9-21-22(14-17)32-11-10-31-21)18(12-15-4-2-1-3-5-15)23(25(29)30)16-6-8-19-20(13-16)27-33-26-19;/h6-9,13-15H,1-5,10-12H2,(H,29,30);/q;+1/p-1. The van der Waals surface area contributed by atoms with Crippen LogP contribution in [0, 0.1) is 5.92 Å². The number of Topliss-reactive ketones (excluding diaryl/α,β-unsaturated/α-hetero) is 1. The molecule has 1 aliphatic heterocycles. The number of carbonyl (C=O) groups excluding carboxylic acids is 2. The fraction of sp³-hybridized carbons (Fsp3) is 0.360. The second-order valence-corrected chi connectivity index (χ2v) is 9.03. The van der Waals surface area contributed by atoms with Crippen LogP contribution in [0.5, 0.6) is 11.5 Å². The van der Waals surface area contributed by atoms with Crippen molar-refractivity contribution in [2.45, 2.75) is 38.5 Å². The molecule has 0 bridgehead atoms. The van der Waals surface area contributed by atoms with Gasteiger partial charge in [0.1, 0.15) is 24.2 Å². The third-order valence-corrected chi connectivity index (χ3v) is 6.90. The number of aromatic nitrogens is 2. The van der Waals surface area contributed by atoms with Gasteiger partial charge in [-0.1, -0.05) is 38.2 Å². The molecule has 0 atom stereocenters. The van der Waals surface area contributed by atoms with E-state index in [0.29, 0.717) is 53.3 Å². The topological polar surface area (TPSA) is 101 Å². The first-order valence-electron chi connectivity index (χ1n) is 11.2. The van der Waals surface area contributed by atoms with E-state index in [0.717, 1.165) is 37.4 Å². The zero-order chi connectivity index (χ0) is 22.8. The predicted molar refractivity (Wildman–Crippen MR) is 122 cm³/mol. The molecule has 0 radical (unpaired) electrons. The van der Waals surface area contributed by atoms with Crippen molar-refractivity contribution >= 4 is 40.1 Å². The summed E-state index contributed by atoms with van der Waals surface area (Å²) in [6.45, 7) is 0.858. The van der Waals surface area contributed by atoms with Crippen LogP contribution in [0.4, 0.5) is 0 Å². The molecule has 2 aliphatic rings. The third-order valence-electron chi connectivity index (χ3n) is 6.34. The quantitative estimate of drug-likeness (QED) is 0.289. The van der Waals surface area contributed by atoms with E-state index >= 15 is 0 Å². The van der Waals surface area contributed by atoms with Gasteiger partial charge in [0, 0.05) is 16.7 Å². The van der Waals surface area contributed by atoms with Crippen molar-refractivity contribution in [1.29, 1.82) is 0 Å². The fourth-order valence-electron chi connectivity index (χ4n) is 4.70. The second-order valence-electron chi connectivity index (χ2n) is 8.50. The predicted octanol–water partition coefficient (Wildman–Crippen LogP) is 0.823. The van der Waals surface area contributed by atoms with E-state index in [1.807, 2.05) is 0 Å². The molecule has 0 unspecified atom stereocenters. The van der Waals surface area contributed by atoms with E-state index in [9.17, 15) is 14.7 Å². The van der Waals surface area contributed by atoms with Crippen LogP contribution in [0.2, 0.25) is 0 Å². The summed E-state index contributed by atoms with van der Waals surface area (Å²) >= 11 is 1.06. The Hall–Kier alpha value is -2.26. The summed E-state index contributed by atoms with van der Waals surface area (Å²) in [5, 5.41) is 12.4. The first kappa shape index (κ1) is 24.9. The molecule has 5 rings (SSSR count). The van der Waals surface area contributed by atoms with Crippen LogP contribution in [0.15, 0.2) is 42.0 Å². The van der Waals surface area contributed by atoms with Crippen molar-refractivity contribution in [3.63, 3.8) is 0 Å². The van der Waals surface area contributed by atoms with Crippen LogP contribution in [0.25, 0.3) is 16.6 Å². The number of benzene rings is 2. The van der Waals surface area contributed by atoms with Gasteiger partial charge in [-0.2, -0.15) is 8.75 Å². The Bertz CT molecular complexity index is 1250. The Balaban J connectivity index is 0.00000274. The summed E-state index contributed by atoms with van der Waals surface area (Å²) in [5.74, 6) is -0.359. The number of aliphatic carboxylic acids is 1. The molecule has 2 heterocycles.